The summed E-state index contributed by atoms with van der Waals surface area (Å²) in [5.41, 5.74) is 1.21. The SMILES string of the molecule is Cc1nc(-c2cc(C(=O)NCCC(C)O)co2)cs1. The van der Waals surface area contributed by atoms with E-state index in [0.29, 0.717) is 24.3 Å². The predicted molar refractivity (Wildman–Crippen MR) is 73.2 cm³/mol. The minimum absolute atomic E-state index is 0.206. The van der Waals surface area contributed by atoms with Gasteiger partial charge in [-0.1, -0.05) is 0 Å². The fourth-order valence-electron chi connectivity index (χ4n) is 1.56. The van der Waals surface area contributed by atoms with E-state index in [1.807, 2.05) is 12.3 Å². The number of aliphatic hydroxyl groups is 1. The van der Waals surface area contributed by atoms with Gasteiger partial charge in [-0.25, -0.2) is 4.98 Å². The van der Waals surface area contributed by atoms with Crippen LogP contribution in [0.5, 0.6) is 0 Å². The molecule has 0 fully saturated rings. The summed E-state index contributed by atoms with van der Waals surface area (Å²) < 4.78 is 5.35. The van der Waals surface area contributed by atoms with Crippen molar-refractivity contribution < 1.29 is 14.3 Å². The molecular formula is C13H16N2O3S. The number of carbonyl (C=O) groups excluding carboxylic acids is 1. The summed E-state index contributed by atoms with van der Waals surface area (Å²) in [6, 6.07) is 1.67. The van der Waals surface area contributed by atoms with Crippen molar-refractivity contribution >= 4 is 17.2 Å². The second kappa shape index (κ2) is 5.99. The second-order valence-electron chi connectivity index (χ2n) is 4.34. The van der Waals surface area contributed by atoms with E-state index >= 15 is 0 Å². The molecule has 2 aromatic rings. The van der Waals surface area contributed by atoms with E-state index in [1.165, 1.54) is 17.6 Å². The highest BCUT2D eigenvalue weighted by molar-refractivity contribution is 7.09. The fourth-order valence-corrected chi connectivity index (χ4v) is 2.16. The number of nitrogens with zero attached hydrogens (tertiary/aromatic N) is 1. The van der Waals surface area contributed by atoms with Crippen molar-refractivity contribution in [3.05, 3.63) is 28.3 Å². The molecule has 2 heterocycles. The number of rotatable bonds is 5. The van der Waals surface area contributed by atoms with Crippen LogP contribution in [-0.4, -0.2) is 28.6 Å². The average molecular weight is 280 g/mol. The van der Waals surface area contributed by atoms with Crippen molar-refractivity contribution in [2.24, 2.45) is 0 Å². The Morgan fingerprint density at radius 1 is 1.63 bits per heavy atom. The van der Waals surface area contributed by atoms with E-state index in [4.69, 9.17) is 9.52 Å². The topological polar surface area (TPSA) is 75.4 Å². The maximum atomic E-state index is 11.8. The molecule has 0 aromatic carbocycles. The summed E-state index contributed by atoms with van der Waals surface area (Å²) in [7, 11) is 0. The Kier molecular flexibility index (Phi) is 4.34. The van der Waals surface area contributed by atoms with Crippen molar-refractivity contribution in [2.75, 3.05) is 6.54 Å². The molecule has 1 atom stereocenters. The normalized spacial score (nSPS) is 12.4. The summed E-state index contributed by atoms with van der Waals surface area (Å²) in [5, 5.41) is 14.7. The molecule has 0 saturated heterocycles. The summed E-state index contributed by atoms with van der Waals surface area (Å²) in [6.07, 6.45) is 1.53. The number of thiazole rings is 1. The molecule has 2 rings (SSSR count). The Morgan fingerprint density at radius 3 is 3.05 bits per heavy atom. The van der Waals surface area contributed by atoms with Gasteiger partial charge in [0.15, 0.2) is 5.76 Å². The monoisotopic (exact) mass is 280 g/mol. The molecule has 2 N–H and O–H groups in total. The highest BCUT2D eigenvalue weighted by Crippen LogP contribution is 2.23. The first kappa shape index (κ1) is 13.8. The summed E-state index contributed by atoms with van der Waals surface area (Å²) in [6.45, 7) is 4.04. The lowest BCUT2D eigenvalue weighted by molar-refractivity contribution is 0.0945. The zero-order valence-corrected chi connectivity index (χ0v) is 11.7. The molecule has 0 aliphatic heterocycles. The van der Waals surface area contributed by atoms with Crippen LogP contribution in [0.1, 0.15) is 28.7 Å². The molecular weight excluding hydrogens is 264 g/mol. The number of furan rings is 1. The van der Waals surface area contributed by atoms with Crippen LogP contribution in [0.2, 0.25) is 0 Å². The summed E-state index contributed by atoms with van der Waals surface area (Å²) in [4.78, 5) is 16.1. The van der Waals surface area contributed by atoms with Gasteiger partial charge in [-0.2, -0.15) is 0 Å². The van der Waals surface area contributed by atoms with E-state index in [0.717, 1.165) is 10.7 Å². The fraction of sp³-hybridized carbons (Fsp3) is 0.385. The molecule has 0 aliphatic rings. The van der Waals surface area contributed by atoms with Crippen LogP contribution in [0.25, 0.3) is 11.5 Å². The third kappa shape index (κ3) is 3.65. The molecule has 5 nitrogen and oxygen atoms in total. The molecule has 0 radical (unpaired) electrons. The molecule has 2 aromatic heterocycles. The van der Waals surface area contributed by atoms with Gasteiger partial charge in [-0.05, 0) is 26.3 Å². The van der Waals surface area contributed by atoms with Crippen LogP contribution in [0, 0.1) is 6.92 Å². The zero-order chi connectivity index (χ0) is 13.8. The number of aliphatic hydroxyl groups excluding tert-OH is 1. The van der Waals surface area contributed by atoms with Gasteiger partial charge >= 0.3 is 0 Å². The molecule has 0 bridgehead atoms. The van der Waals surface area contributed by atoms with Gasteiger partial charge in [-0.3, -0.25) is 4.79 Å². The number of hydrogen-bond acceptors (Lipinski definition) is 5. The van der Waals surface area contributed by atoms with Gasteiger partial charge in [0, 0.05) is 11.9 Å². The van der Waals surface area contributed by atoms with Crippen LogP contribution in [-0.2, 0) is 0 Å². The molecule has 0 spiro atoms. The minimum atomic E-state index is -0.418. The number of aromatic nitrogens is 1. The van der Waals surface area contributed by atoms with Crippen LogP contribution in [0.3, 0.4) is 0 Å². The lowest BCUT2D eigenvalue weighted by Crippen LogP contribution is -2.26. The van der Waals surface area contributed by atoms with E-state index in [1.54, 1.807) is 13.0 Å². The van der Waals surface area contributed by atoms with Crippen LogP contribution in [0.4, 0.5) is 0 Å². The molecule has 102 valence electrons. The maximum Gasteiger partial charge on any atom is 0.254 e. The molecule has 19 heavy (non-hydrogen) atoms. The zero-order valence-electron chi connectivity index (χ0n) is 10.8. The van der Waals surface area contributed by atoms with Crippen LogP contribution < -0.4 is 5.32 Å². The number of carbonyl (C=O) groups is 1. The summed E-state index contributed by atoms with van der Waals surface area (Å²) >= 11 is 1.53. The summed E-state index contributed by atoms with van der Waals surface area (Å²) in [5.74, 6) is 0.382. The molecule has 0 aliphatic carbocycles. The minimum Gasteiger partial charge on any atom is -0.462 e. The highest BCUT2D eigenvalue weighted by Gasteiger charge is 2.12. The van der Waals surface area contributed by atoms with Crippen LogP contribution in [0.15, 0.2) is 22.1 Å². The van der Waals surface area contributed by atoms with E-state index in [-0.39, 0.29) is 5.91 Å². The Hall–Kier alpha value is -1.66. The molecule has 0 saturated carbocycles. The Labute approximate surface area is 115 Å². The van der Waals surface area contributed by atoms with Gasteiger partial charge < -0.3 is 14.8 Å². The van der Waals surface area contributed by atoms with Crippen molar-refractivity contribution in [3.63, 3.8) is 0 Å². The first-order valence-electron chi connectivity index (χ1n) is 6.03. The van der Waals surface area contributed by atoms with Gasteiger partial charge in [-0.15, -0.1) is 11.3 Å². The largest absolute Gasteiger partial charge is 0.462 e. The predicted octanol–water partition coefficient (Wildman–Crippen LogP) is 2.21. The first-order chi connectivity index (χ1) is 9.06. The first-order valence-corrected chi connectivity index (χ1v) is 6.91. The third-order valence-corrected chi connectivity index (χ3v) is 3.35. The van der Waals surface area contributed by atoms with Gasteiger partial charge in [0.05, 0.1) is 16.7 Å². The maximum absolute atomic E-state index is 11.8. The Morgan fingerprint density at radius 2 is 2.42 bits per heavy atom. The average Bonchev–Trinajstić information content (AvgIpc) is 2.96. The molecule has 1 unspecified atom stereocenters. The van der Waals surface area contributed by atoms with Crippen molar-refractivity contribution in [1.82, 2.24) is 10.3 Å². The number of nitrogens with one attached hydrogen (secondary N) is 1. The molecule has 6 heteroatoms. The Balaban J connectivity index is 1.98. The number of aryl methyl sites for hydroxylation is 1. The number of hydrogen-bond donors (Lipinski definition) is 2. The smallest absolute Gasteiger partial charge is 0.254 e. The van der Waals surface area contributed by atoms with Gasteiger partial charge in [0.2, 0.25) is 0 Å². The van der Waals surface area contributed by atoms with Gasteiger partial charge in [0.25, 0.3) is 5.91 Å². The quantitative estimate of drug-likeness (QED) is 0.880. The van der Waals surface area contributed by atoms with E-state index < -0.39 is 6.10 Å². The lowest BCUT2D eigenvalue weighted by atomic mass is 10.2. The van der Waals surface area contributed by atoms with Crippen LogP contribution >= 0.6 is 11.3 Å². The second-order valence-corrected chi connectivity index (χ2v) is 5.41. The number of amides is 1. The van der Waals surface area contributed by atoms with E-state index in [9.17, 15) is 4.79 Å². The van der Waals surface area contributed by atoms with Crippen molar-refractivity contribution in [1.29, 1.82) is 0 Å². The van der Waals surface area contributed by atoms with E-state index in [2.05, 4.69) is 10.3 Å². The van der Waals surface area contributed by atoms with Crippen molar-refractivity contribution in [3.8, 4) is 11.5 Å². The lowest BCUT2D eigenvalue weighted by Gasteiger charge is -2.04. The molecule has 1 amide bonds. The Bertz CT molecular complexity index is 560. The standard InChI is InChI=1S/C13H16N2O3S/c1-8(16)3-4-14-13(17)10-5-12(18-6-10)11-7-19-9(2)15-11/h5-8,16H,3-4H2,1-2H3,(H,14,17). The van der Waals surface area contributed by atoms with Crippen molar-refractivity contribution in [2.45, 2.75) is 26.4 Å². The highest BCUT2D eigenvalue weighted by atomic mass is 32.1. The third-order valence-electron chi connectivity index (χ3n) is 2.58. The van der Waals surface area contributed by atoms with Gasteiger partial charge in [0.1, 0.15) is 12.0 Å².